The van der Waals surface area contributed by atoms with E-state index in [1.165, 1.54) is 45.4 Å². The van der Waals surface area contributed by atoms with Gasteiger partial charge in [-0.2, -0.15) is 48.3 Å². The van der Waals surface area contributed by atoms with Crippen molar-refractivity contribution in [3.05, 3.63) is 0 Å². The third-order valence-corrected chi connectivity index (χ3v) is 20.9. The van der Waals surface area contributed by atoms with Gasteiger partial charge in [-0.3, -0.25) is 24.0 Å². The second kappa shape index (κ2) is 22.7. The van der Waals surface area contributed by atoms with E-state index in [1.807, 2.05) is 55.4 Å². The summed E-state index contributed by atoms with van der Waals surface area (Å²) in [6, 6.07) is 0. The highest BCUT2D eigenvalue weighted by atomic mass is 19.4. The molecule has 0 amide bonds. The summed E-state index contributed by atoms with van der Waals surface area (Å²) in [6.45, 7) is 22.9. The maximum atomic E-state index is 13.8. The molecule has 1 heterocycles. The molecular formula is C59H87F11O12. The lowest BCUT2D eigenvalue weighted by molar-refractivity contribution is -0.445. The molecule has 11 fully saturated rings. The monoisotopic (exact) mass is 1200 g/mol. The number of rotatable bonds is 14. The van der Waals surface area contributed by atoms with Gasteiger partial charge in [0.05, 0.1) is 33.2 Å². The molecule has 82 heavy (non-hydrogen) atoms. The van der Waals surface area contributed by atoms with Crippen LogP contribution in [0, 0.1) is 74.9 Å². The zero-order valence-corrected chi connectivity index (χ0v) is 49.6. The fourth-order valence-electron chi connectivity index (χ4n) is 14.5. The maximum Gasteiger partial charge on any atom is 0.432 e. The fraction of sp³-hybridized carbons (Fsp3) is 0.915. The number of alkyl halides is 11. The molecule has 10 bridgehead atoms. The Hall–Kier alpha value is -3.50. The molecule has 2 N–H and O–H groups in total. The average Bonchev–Trinajstić information content (AvgIpc) is 1.92. The summed E-state index contributed by atoms with van der Waals surface area (Å²) in [5.41, 5.74) is -11.3. The first-order chi connectivity index (χ1) is 37.1. The number of hydrogen-bond donors (Lipinski definition) is 2. The minimum Gasteiger partial charge on any atom is -0.459 e. The van der Waals surface area contributed by atoms with Crippen molar-refractivity contribution in [1.29, 1.82) is 0 Å². The molecule has 8 unspecified atom stereocenters. The quantitative estimate of drug-likeness (QED) is 0.0959. The molecule has 11 aliphatic rings. The predicted molar refractivity (Wildman–Crippen MR) is 274 cm³/mol. The van der Waals surface area contributed by atoms with Crippen molar-refractivity contribution in [2.45, 2.75) is 264 Å². The first kappa shape index (κ1) is 67.6. The van der Waals surface area contributed by atoms with Gasteiger partial charge in [-0.05, 0) is 201 Å². The van der Waals surface area contributed by atoms with Crippen molar-refractivity contribution in [1.82, 2.24) is 0 Å². The number of hydrogen-bond acceptors (Lipinski definition) is 12. The largest absolute Gasteiger partial charge is 0.459 e. The van der Waals surface area contributed by atoms with Gasteiger partial charge in [0.15, 0.2) is 0 Å². The van der Waals surface area contributed by atoms with E-state index in [9.17, 15) is 77.4 Å². The third kappa shape index (κ3) is 13.0. The number of carbonyl (C=O) groups is 5. The Morgan fingerprint density at radius 1 is 0.585 bits per heavy atom. The molecule has 0 aromatic rings. The van der Waals surface area contributed by atoms with Gasteiger partial charge in [0.2, 0.25) is 0 Å². The lowest BCUT2D eigenvalue weighted by atomic mass is 9.50. The van der Waals surface area contributed by atoms with E-state index in [1.54, 1.807) is 0 Å². The summed E-state index contributed by atoms with van der Waals surface area (Å²) in [6.07, 6.45) is -10.5. The van der Waals surface area contributed by atoms with E-state index in [0.717, 1.165) is 83.5 Å². The van der Waals surface area contributed by atoms with Crippen LogP contribution in [0.3, 0.4) is 0 Å². The van der Waals surface area contributed by atoms with E-state index < -0.39 is 64.0 Å². The summed E-state index contributed by atoms with van der Waals surface area (Å²) >= 11 is 0. The number of aliphatic hydroxyl groups is 2. The summed E-state index contributed by atoms with van der Waals surface area (Å²) in [5, 5.41) is 19.3. The van der Waals surface area contributed by atoms with Gasteiger partial charge in [0.25, 0.3) is 6.10 Å². The van der Waals surface area contributed by atoms with Crippen molar-refractivity contribution in [2.75, 3.05) is 0 Å². The molecule has 0 aromatic heterocycles. The minimum atomic E-state index is -7.27. The van der Waals surface area contributed by atoms with Crippen LogP contribution in [0.5, 0.6) is 0 Å². The van der Waals surface area contributed by atoms with Gasteiger partial charge in [-0.1, -0.05) is 27.7 Å². The van der Waals surface area contributed by atoms with Crippen LogP contribution >= 0.6 is 0 Å². The third-order valence-electron chi connectivity index (χ3n) is 20.9. The van der Waals surface area contributed by atoms with E-state index >= 15 is 0 Å². The smallest absolute Gasteiger partial charge is 0.432 e. The van der Waals surface area contributed by atoms with Crippen LogP contribution < -0.4 is 0 Å². The van der Waals surface area contributed by atoms with Crippen LogP contribution in [0.2, 0.25) is 0 Å². The van der Waals surface area contributed by atoms with Crippen LogP contribution in [-0.2, 0) is 47.7 Å². The number of ether oxygens (including phenoxy) is 5. The van der Waals surface area contributed by atoms with Gasteiger partial charge in [-0.25, -0.2) is 0 Å². The minimum absolute atomic E-state index is 0.0185. The fourth-order valence-corrected chi connectivity index (χ4v) is 14.5. The molecule has 10 aliphatic carbocycles. The van der Waals surface area contributed by atoms with Crippen LogP contribution in [0.1, 0.15) is 199 Å². The van der Waals surface area contributed by atoms with Gasteiger partial charge in [0.1, 0.15) is 23.4 Å². The molecule has 1 aliphatic heterocycles. The summed E-state index contributed by atoms with van der Waals surface area (Å²) < 4.78 is 167. The number of carbonyl (C=O) groups excluding carboxylic acids is 5. The van der Waals surface area contributed by atoms with Crippen molar-refractivity contribution in [3.8, 4) is 0 Å². The highest BCUT2D eigenvalue weighted by Crippen LogP contribution is 2.62. The molecule has 472 valence electrons. The highest BCUT2D eigenvalue weighted by molar-refractivity contribution is 5.79. The first-order valence-corrected chi connectivity index (χ1v) is 29.2. The lowest BCUT2D eigenvalue weighted by Gasteiger charge is -2.59. The Morgan fingerprint density at radius 3 is 1.41 bits per heavy atom. The van der Waals surface area contributed by atoms with Crippen molar-refractivity contribution in [2.24, 2.45) is 74.9 Å². The first-order valence-electron chi connectivity index (χ1n) is 29.2. The Kier molecular flexibility index (Phi) is 18.7. The number of esters is 5. The van der Waals surface area contributed by atoms with Crippen molar-refractivity contribution in [3.63, 3.8) is 0 Å². The molecular weight excluding hydrogens is 1110 g/mol. The highest BCUT2D eigenvalue weighted by Gasteiger charge is 2.87. The van der Waals surface area contributed by atoms with E-state index in [0.29, 0.717) is 41.9 Å². The zero-order valence-electron chi connectivity index (χ0n) is 49.6. The Bertz CT molecular complexity index is 2300. The Labute approximate surface area is 474 Å². The molecule has 8 atom stereocenters. The second-order valence-corrected chi connectivity index (χ2v) is 28.5. The van der Waals surface area contributed by atoms with Gasteiger partial charge in [0, 0.05) is 18.3 Å². The van der Waals surface area contributed by atoms with E-state index in [2.05, 4.69) is 18.6 Å². The van der Waals surface area contributed by atoms with Crippen LogP contribution in [-0.4, -0.2) is 105 Å². The Morgan fingerprint density at radius 2 is 1.00 bits per heavy atom. The maximum absolute atomic E-state index is 13.8. The van der Waals surface area contributed by atoms with Gasteiger partial charge >= 0.3 is 59.9 Å². The van der Waals surface area contributed by atoms with E-state index in [-0.39, 0.29) is 65.0 Å². The van der Waals surface area contributed by atoms with Crippen molar-refractivity contribution < 1.29 is 106 Å². The van der Waals surface area contributed by atoms with Gasteiger partial charge < -0.3 is 33.9 Å². The molecule has 10 saturated carbocycles. The van der Waals surface area contributed by atoms with Gasteiger partial charge in [-0.15, -0.1) is 0 Å². The summed E-state index contributed by atoms with van der Waals surface area (Å²) in [4.78, 5) is 60.1. The molecule has 0 spiro atoms. The van der Waals surface area contributed by atoms with Crippen LogP contribution in [0.4, 0.5) is 48.3 Å². The van der Waals surface area contributed by atoms with Crippen LogP contribution in [0.15, 0.2) is 0 Å². The molecule has 0 aromatic carbocycles. The molecule has 0 radical (unpaired) electrons. The molecule has 1 saturated heterocycles. The van der Waals surface area contributed by atoms with E-state index in [4.69, 9.17) is 24.1 Å². The second-order valence-electron chi connectivity index (χ2n) is 28.5. The standard InChI is InChI=1S/C17H28O2.C16H26O3.C14H20O4.C12H13F11O3/c1-5-16(2,3)15(18)19-17(4)13-7-11-6-12(9-13)10-14(17)8-11;1-4-14(2,3)13(17)19-16-8-11-5-12(9-16)7-15(18,6-11)10-16;1-4-14(2,3)13(16)18-10-7-5-8-9(6-7)12(15)17-11(8)10;1-4-7(2,3)6(24)26-5(9(15,16)17)8(13,14)10(25,11(18,19)20)12(21,22)23/h11-14H,5-10H2,1-4H3;11-12,18H,4-10H2,1-3H3;7-11H,4-6H2,1-3H3;5,25H,4H2,1-3H3. The zero-order chi connectivity index (χ0) is 62.4. The SMILES string of the molecule is CCC(C)(C)C(=O)OC(C(F)(F)F)C(F)(F)C(O)(C(F)(F)F)C(F)(F)F.CCC(C)(C)C(=O)OC1(C)C2CC3CC(C2)CC1C3.CCC(C)(C)C(=O)OC12CC3CC(CC(O)(C3)C1)C2.CCC(C)(C)C(=O)OC1C2CC3C(=O)OC1C3C2. The lowest BCUT2D eigenvalue weighted by Crippen LogP contribution is -2.73. The Balaban J connectivity index is 0.000000177. The molecule has 11 rings (SSSR count). The number of fused-ring (bicyclic) bond motifs is 1. The predicted octanol–water partition coefficient (Wildman–Crippen LogP) is 13.5. The molecule has 23 heteroatoms. The van der Waals surface area contributed by atoms with Crippen LogP contribution in [0.25, 0.3) is 0 Å². The average molecular weight is 1200 g/mol. The summed E-state index contributed by atoms with van der Waals surface area (Å²) in [5.74, 6) is -4.56. The van der Waals surface area contributed by atoms with Crippen molar-refractivity contribution >= 4 is 29.8 Å². The normalized spacial score (nSPS) is 34.8. The molecule has 12 nitrogen and oxygen atoms in total. The topological polar surface area (TPSA) is 172 Å². The number of halogens is 11. The summed E-state index contributed by atoms with van der Waals surface area (Å²) in [7, 11) is 0.